The van der Waals surface area contributed by atoms with E-state index in [-0.39, 0.29) is 0 Å². The van der Waals surface area contributed by atoms with Crippen molar-refractivity contribution in [3.63, 3.8) is 0 Å². The van der Waals surface area contributed by atoms with E-state index in [9.17, 15) is 4.79 Å². The number of Topliss-reactive ketones (excluding diaryl/α,β-unsaturated/α-hetero) is 1. The molecule has 3 atom stereocenters. The molecule has 1 unspecified atom stereocenters. The minimum atomic E-state index is 0.492. The molecule has 2 fully saturated rings. The second kappa shape index (κ2) is 3.17. The summed E-state index contributed by atoms with van der Waals surface area (Å²) < 4.78 is 0. The quantitative estimate of drug-likeness (QED) is 0.640. The van der Waals surface area contributed by atoms with Gasteiger partial charge in [-0.25, -0.2) is 0 Å². The highest BCUT2D eigenvalue weighted by Crippen LogP contribution is 2.40. The van der Waals surface area contributed by atoms with Crippen LogP contribution in [0.15, 0.2) is 0 Å². The lowest BCUT2D eigenvalue weighted by Gasteiger charge is -2.37. The maximum Gasteiger partial charge on any atom is 0.133 e. The highest BCUT2D eigenvalue weighted by molar-refractivity contribution is 5.79. The molecule has 2 heteroatoms. The molecule has 2 aliphatic rings. The average Bonchev–Trinajstić information content (AvgIpc) is 2.02. The van der Waals surface area contributed by atoms with Crippen LogP contribution in [0.5, 0.6) is 0 Å². The van der Waals surface area contributed by atoms with Crippen molar-refractivity contribution in [3.05, 3.63) is 0 Å². The van der Waals surface area contributed by atoms with E-state index in [4.69, 9.17) is 5.73 Å². The summed E-state index contributed by atoms with van der Waals surface area (Å²) >= 11 is 0. The molecule has 2 N–H and O–H groups in total. The Bertz CT molecular complexity index is 174. The molecule has 0 aromatic heterocycles. The van der Waals surface area contributed by atoms with Crippen LogP contribution in [0, 0.1) is 17.8 Å². The molecule has 0 heterocycles. The van der Waals surface area contributed by atoms with Crippen LogP contribution in [-0.4, -0.2) is 12.3 Å². The standard InChI is InChI=1S/C10H17NO/c11-6-9-2-7-1-8(3-9)5-10(12)4-7/h7-9H,1-6,11H2/t7-,8+,9?. The molecule has 2 rings (SSSR count). The monoisotopic (exact) mass is 167 g/mol. The summed E-state index contributed by atoms with van der Waals surface area (Å²) in [6, 6.07) is 0. The fraction of sp³-hybridized carbons (Fsp3) is 0.900. The maximum atomic E-state index is 11.2. The smallest absolute Gasteiger partial charge is 0.133 e. The number of nitrogens with two attached hydrogens (primary N) is 1. The van der Waals surface area contributed by atoms with Gasteiger partial charge in [-0.15, -0.1) is 0 Å². The molecule has 12 heavy (non-hydrogen) atoms. The van der Waals surface area contributed by atoms with Crippen molar-refractivity contribution in [2.24, 2.45) is 23.5 Å². The second-order valence-electron chi connectivity index (χ2n) is 4.49. The van der Waals surface area contributed by atoms with E-state index in [2.05, 4.69) is 0 Å². The lowest BCUT2D eigenvalue weighted by molar-refractivity contribution is -0.124. The van der Waals surface area contributed by atoms with Gasteiger partial charge >= 0.3 is 0 Å². The second-order valence-corrected chi connectivity index (χ2v) is 4.49. The van der Waals surface area contributed by atoms with Crippen molar-refractivity contribution in [3.8, 4) is 0 Å². The molecule has 0 saturated heterocycles. The van der Waals surface area contributed by atoms with Crippen LogP contribution in [0.1, 0.15) is 32.1 Å². The topological polar surface area (TPSA) is 43.1 Å². The van der Waals surface area contributed by atoms with Gasteiger partial charge < -0.3 is 5.73 Å². The highest BCUT2D eigenvalue weighted by atomic mass is 16.1. The summed E-state index contributed by atoms with van der Waals surface area (Å²) in [7, 11) is 0. The van der Waals surface area contributed by atoms with E-state index in [1.165, 1.54) is 19.3 Å². The first-order valence-electron chi connectivity index (χ1n) is 4.99. The lowest BCUT2D eigenvalue weighted by Crippen LogP contribution is -2.33. The van der Waals surface area contributed by atoms with Gasteiger partial charge in [0.15, 0.2) is 0 Å². The van der Waals surface area contributed by atoms with Gasteiger partial charge in [-0.3, -0.25) is 4.79 Å². The van der Waals surface area contributed by atoms with E-state index in [1.807, 2.05) is 0 Å². The van der Waals surface area contributed by atoms with E-state index in [0.29, 0.717) is 23.5 Å². The molecule has 2 aliphatic carbocycles. The predicted octanol–water partition coefficient (Wildman–Crippen LogP) is 1.34. The number of rotatable bonds is 1. The largest absolute Gasteiger partial charge is 0.330 e. The van der Waals surface area contributed by atoms with Crippen LogP contribution in [0.3, 0.4) is 0 Å². The van der Waals surface area contributed by atoms with E-state index >= 15 is 0 Å². The Morgan fingerprint density at radius 1 is 1.17 bits per heavy atom. The third-order valence-corrected chi connectivity index (χ3v) is 3.37. The molecule has 2 bridgehead atoms. The molecule has 2 nitrogen and oxygen atoms in total. The first kappa shape index (κ1) is 8.24. The normalized spacial score (nSPS) is 41.4. The number of ketones is 1. The summed E-state index contributed by atoms with van der Waals surface area (Å²) in [5, 5.41) is 0. The van der Waals surface area contributed by atoms with Crippen LogP contribution in [0.25, 0.3) is 0 Å². The average molecular weight is 167 g/mol. The molecule has 0 radical (unpaired) electrons. The maximum absolute atomic E-state index is 11.2. The van der Waals surface area contributed by atoms with Gasteiger partial charge in [-0.05, 0) is 43.6 Å². The van der Waals surface area contributed by atoms with E-state index in [0.717, 1.165) is 19.4 Å². The van der Waals surface area contributed by atoms with Gasteiger partial charge in [0.1, 0.15) is 5.78 Å². The van der Waals surface area contributed by atoms with Crippen LogP contribution in [-0.2, 0) is 4.79 Å². The van der Waals surface area contributed by atoms with Crippen LogP contribution in [0.4, 0.5) is 0 Å². The molecule has 0 aromatic carbocycles. The molecule has 0 spiro atoms. The number of carbonyl (C=O) groups is 1. The van der Waals surface area contributed by atoms with E-state index in [1.54, 1.807) is 0 Å². The SMILES string of the molecule is NCC1C[C@H]2CC(=O)C[C@@H](C1)C2. The van der Waals surface area contributed by atoms with Gasteiger partial charge in [0.2, 0.25) is 0 Å². The third-order valence-electron chi connectivity index (χ3n) is 3.37. The summed E-state index contributed by atoms with van der Waals surface area (Å²) in [5.74, 6) is 2.56. The summed E-state index contributed by atoms with van der Waals surface area (Å²) in [6.45, 7) is 0.821. The Balaban J connectivity index is 2.00. The van der Waals surface area contributed by atoms with Crippen molar-refractivity contribution in [1.82, 2.24) is 0 Å². The van der Waals surface area contributed by atoms with Crippen LogP contribution in [0.2, 0.25) is 0 Å². The van der Waals surface area contributed by atoms with Gasteiger partial charge in [0, 0.05) is 12.8 Å². The fourth-order valence-electron chi connectivity index (χ4n) is 2.96. The Kier molecular flexibility index (Phi) is 2.18. The van der Waals surface area contributed by atoms with Gasteiger partial charge in [0.05, 0.1) is 0 Å². The lowest BCUT2D eigenvalue weighted by atomic mass is 9.68. The Morgan fingerprint density at radius 3 is 2.25 bits per heavy atom. The van der Waals surface area contributed by atoms with Crippen molar-refractivity contribution in [1.29, 1.82) is 0 Å². The van der Waals surface area contributed by atoms with Gasteiger partial charge in [0.25, 0.3) is 0 Å². The Hall–Kier alpha value is -0.370. The predicted molar refractivity (Wildman–Crippen MR) is 47.6 cm³/mol. The third kappa shape index (κ3) is 1.53. The number of carbonyl (C=O) groups excluding carboxylic acids is 1. The molecule has 0 amide bonds. The molecule has 0 aromatic rings. The fourth-order valence-corrected chi connectivity index (χ4v) is 2.96. The molecule has 2 saturated carbocycles. The van der Waals surface area contributed by atoms with Crippen LogP contribution < -0.4 is 5.73 Å². The van der Waals surface area contributed by atoms with Gasteiger partial charge in [-0.2, -0.15) is 0 Å². The number of hydrogen-bond acceptors (Lipinski definition) is 2. The minimum absolute atomic E-state index is 0.492. The molecule has 0 aliphatic heterocycles. The Labute approximate surface area is 73.5 Å². The number of fused-ring (bicyclic) bond motifs is 2. The summed E-state index contributed by atoms with van der Waals surface area (Å²) in [4.78, 5) is 11.2. The first-order chi connectivity index (χ1) is 5.78. The van der Waals surface area contributed by atoms with Crippen molar-refractivity contribution in [2.75, 3.05) is 6.54 Å². The zero-order chi connectivity index (χ0) is 8.55. The first-order valence-corrected chi connectivity index (χ1v) is 4.99. The van der Waals surface area contributed by atoms with E-state index < -0.39 is 0 Å². The number of hydrogen-bond donors (Lipinski definition) is 1. The van der Waals surface area contributed by atoms with Crippen molar-refractivity contribution >= 4 is 5.78 Å². The van der Waals surface area contributed by atoms with Crippen molar-refractivity contribution in [2.45, 2.75) is 32.1 Å². The summed E-state index contributed by atoms with van der Waals surface area (Å²) in [6.07, 6.45) is 5.39. The molecular formula is C10H17NO. The van der Waals surface area contributed by atoms with Crippen molar-refractivity contribution < 1.29 is 4.79 Å². The van der Waals surface area contributed by atoms with Crippen LogP contribution >= 0.6 is 0 Å². The zero-order valence-electron chi connectivity index (χ0n) is 7.46. The molecular weight excluding hydrogens is 150 g/mol. The Morgan fingerprint density at radius 2 is 1.75 bits per heavy atom. The minimum Gasteiger partial charge on any atom is -0.330 e. The zero-order valence-corrected chi connectivity index (χ0v) is 7.46. The molecule has 68 valence electrons. The van der Waals surface area contributed by atoms with Gasteiger partial charge in [-0.1, -0.05) is 0 Å². The highest BCUT2D eigenvalue weighted by Gasteiger charge is 2.34. The summed E-state index contributed by atoms with van der Waals surface area (Å²) in [5.41, 5.74) is 5.66.